The van der Waals surface area contributed by atoms with Crippen LogP contribution in [0.5, 0.6) is 0 Å². The molecule has 0 spiro atoms. The number of nitrogens with zero attached hydrogens (tertiary/aromatic N) is 3. The molecule has 0 aromatic rings. The van der Waals surface area contributed by atoms with Gasteiger partial charge in [-0.25, -0.2) is 9.59 Å². The van der Waals surface area contributed by atoms with Crippen molar-refractivity contribution < 1.29 is 24.2 Å². The van der Waals surface area contributed by atoms with Gasteiger partial charge in [-0.3, -0.25) is 9.69 Å². The number of ether oxygens (including phenoxy) is 1. The molecule has 1 aliphatic heterocycles. The smallest absolute Gasteiger partial charge is 0.326 e. The first-order valence-electron chi connectivity index (χ1n) is 6.90. The van der Waals surface area contributed by atoms with Crippen LogP contribution in [-0.4, -0.2) is 90.7 Å². The summed E-state index contributed by atoms with van der Waals surface area (Å²) in [5, 5.41) is 8.92. The number of carboxylic acid groups (broad SMARTS) is 1. The summed E-state index contributed by atoms with van der Waals surface area (Å²) < 4.78 is 4.59. The first kappa shape index (κ1) is 17.2. The number of rotatable bonds is 5. The van der Waals surface area contributed by atoms with Crippen LogP contribution in [0.3, 0.4) is 0 Å². The standard InChI is InChI=1S/C13H23N3O5/c1-10(12(18)19)14(2)13(20)16-8-6-15(7-9-16)5-4-11(17)21-3/h10H,4-9H2,1-3H3,(H,18,19). The molecule has 1 N–H and O–H groups in total. The zero-order valence-corrected chi connectivity index (χ0v) is 12.7. The second-order valence-corrected chi connectivity index (χ2v) is 5.06. The fourth-order valence-corrected chi connectivity index (χ4v) is 2.07. The molecule has 1 aliphatic rings. The molecule has 0 aliphatic carbocycles. The molecule has 0 bridgehead atoms. The highest BCUT2D eigenvalue weighted by Crippen LogP contribution is 2.08. The minimum Gasteiger partial charge on any atom is -0.480 e. The highest BCUT2D eigenvalue weighted by Gasteiger charge is 2.28. The van der Waals surface area contributed by atoms with Gasteiger partial charge in [0.05, 0.1) is 13.5 Å². The highest BCUT2D eigenvalue weighted by atomic mass is 16.5. The van der Waals surface area contributed by atoms with Crippen molar-refractivity contribution in [2.24, 2.45) is 0 Å². The average molecular weight is 301 g/mol. The van der Waals surface area contributed by atoms with Gasteiger partial charge in [-0.2, -0.15) is 0 Å². The highest BCUT2D eigenvalue weighted by molar-refractivity contribution is 5.82. The Bertz CT molecular complexity index is 393. The fraction of sp³-hybridized carbons (Fsp3) is 0.769. The number of methoxy groups -OCH3 is 1. The number of esters is 1. The lowest BCUT2D eigenvalue weighted by molar-refractivity contribution is -0.141. The Hall–Kier alpha value is -1.83. The molecule has 8 heteroatoms. The molecule has 1 rings (SSSR count). The molecule has 0 saturated carbocycles. The third-order valence-corrected chi connectivity index (χ3v) is 3.74. The van der Waals surface area contributed by atoms with Gasteiger partial charge in [-0.1, -0.05) is 0 Å². The van der Waals surface area contributed by atoms with Gasteiger partial charge in [-0.15, -0.1) is 0 Å². The van der Waals surface area contributed by atoms with Crippen LogP contribution in [0.15, 0.2) is 0 Å². The van der Waals surface area contributed by atoms with Gasteiger partial charge < -0.3 is 19.6 Å². The van der Waals surface area contributed by atoms with Crippen LogP contribution in [0.2, 0.25) is 0 Å². The van der Waals surface area contributed by atoms with Crippen LogP contribution >= 0.6 is 0 Å². The predicted molar refractivity (Wildman–Crippen MR) is 74.9 cm³/mol. The van der Waals surface area contributed by atoms with Crippen LogP contribution in [-0.2, 0) is 14.3 Å². The third-order valence-electron chi connectivity index (χ3n) is 3.74. The number of urea groups is 1. The predicted octanol–water partition coefficient (Wildman–Crippen LogP) is -0.308. The van der Waals surface area contributed by atoms with E-state index in [0.717, 1.165) is 0 Å². The van der Waals surface area contributed by atoms with E-state index in [9.17, 15) is 14.4 Å². The number of piperazine rings is 1. The first-order valence-corrected chi connectivity index (χ1v) is 6.90. The van der Waals surface area contributed by atoms with Gasteiger partial charge in [0.25, 0.3) is 0 Å². The van der Waals surface area contributed by atoms with Crippen LogP contribution in [0.4, 0.5) is 4.79 Å². The number of carbonyl (C=O) groups is 3. The van der Waals surface area contributed by atoms with E-state index in [1.807, 2.05) is 0 Å². The quantitative estimate of drug-likeness (QED) is 0.701. The summed E-state index contributed by atoms with van der Waals surface area (Å²) in [6.07, 6.45) is 0.334. The van der Waals surface area contributed by atoms with Crippen LogP contribution in [0, 0.1) is 0 Å². The van der Waals surface area contributed by atoms with Crippen molar-refractivity contribution in [3.63, 3.8) is 0 Å². The fourth-order valence-electron chi connectivity index (χ4n) is 2.07. The number of hydrogen-bond acceptors (Lipinski definition) is 5. The summed E-state index contributed by atoms with van der Waals surface area (Å²) in [7, 11) is 2.85. The van der Waals surface area contributed by atoms with E-state index in [-0.39, 0.29) is 12.0 Å². The molecule has 1 fully saturated rings. The van der Waals surface area contributed by atoms with E-state index >= 15 is 0 Å². The first-order chi connectivity index (χ1) is 9.86. The second-order valence-electron chi connectivity index (χ2n) is 5.06. The Balaban J connectivity index is 2.40. The lowest BCUT2D eigenvalue weighted by Crippen LogP contribution is -2.54. The Morgan fingerprint density at radius 3 is 2.29 bits per heavy atom. The number of likely N-dealkylation sites (N-methyl/N-ethyl adjacent to an activating group) is 1. The van der Waals surface area contributed by atoms with E-state index in [1.54, 1.807) is 4.90 Å². The lowest BCUT2D eigenvalue weighted by atomic mass is 10.2. The maximum Gasteiger partial charge on any atom is 0.326 e. The summed E-state index contributed by atoms with van der Waals surface area (Å²) in [4.78, 5) is 39.1. The number of hydrogen-bond donors (Lipinski definition) is 1. The molecule has 0 radical (unpaired) electrons. The largest absolute Gasteiger partial charge is 0.480 e. The van der Waals surface area contributed by atoms with Crippen molar-refractivity contribution in [2.75, 3.05) is 46.9 Å². The van der Waals surface area contributed by atoms with E-state index in [2.05, 4.69) is 9.64 Å². The van der Waals surface area contributed by atoms with Crippen molar-refractivity contribution in [1.29, 1.82) is 0 Å². The molecule has 120 valence electrons. The Morgan fingerprint density at radius 1 is 1.24 bits per heavy atom. The Labute approximate surface area is 124 Å². The number of aliphatic carboxylic acids is 1. The summed E-state index contributed by atoms with van der Waals surface area (Å²) >= 11 is 0. The molecular weight excluding hydrogens is 278 g/mol. The molecule has 21 heavy (non-hydrogen) atoms. The zero-order chi connectivity index (χ0) is 16.0. The van der Waals surface area contributed by atoms with Gasteiger partial charge in [0.15, 0.2) is 0 Å². The average Bonchev–Trinajstić information content (AvgIpc) is 2.50. The number of carbonyl (C=O) groups excluding carboxylic acids is 2. The Kier molecular flexibility index (Phi) is 6.41. The number of carboxylic acids is 1. The van der Waals surface area contributed by atoms with Gasteiger partial charge in [0.2, 0.25) is 0 Å². The van der Waals surface area contributed by atoms with Gasteiger partial charge in [0.1, 0.15) is 6.04 Å². The van der Waals surface area contributed by atoms with Gasteiger partial charge in [0, 0.05) is 39.8 Å². The summed E-state index contributed by atoms with van der Waals surface area (Å²) in [6, 6.07) is -1.13. The number of amides is 2. The van der Waals surface area contributed by atoms with E-state index in [1.165, 1.54) is 26.0 Å². The van der Waals surface area contributed by atoms with Crippen molar-refractivity contribution in [3.05, 3.63) is 0 Å². The molecular formula is C13H23N3O5. The molecule has 2 amide bonds. The molecule has 0 aromatic carbocycles. The molecule has 1 atom stereocenters. The molecule has 1 unspecified atom stereocenters. The van der Waals surface area contributed by atoms with E-state index < -0.39 is 12.0 Å². The maximum absolute atomic E-state index is 12.2. The van der Waals surface area contributed by atoms with E-state index in [0.29, 0.717) is 39.1 Å². The zero-order valence-electron chi connectivity index (χ0n) is 12.7. The van der Waals surface area contributed by atoms with Crippen LogP contribution < -0.4 is 0 Å². The third kappa shape index (κ3) is 4.89. The monoisotopic (exact) mass is 301 g/mol. The molecule has 8 nitrogen and oxygen atoms in total. The second kappa shape index (κ2) is 7.82. The SMILES string of the molecule is COC(=O)CCN1CCN(C(=O)N(C)C(C)C(=O)O)CC1. The molecule has 0 aromatic heterocycles. The van der Waals surface area contributed by atoms with Crippen molar-refractivity contribution in [1.82, 2.24) is 14.7 Å². The Morgan fingerprint density at radius 2 is 1.81 bits per heavy atom. The van der Waals surface area contributed by atoms with Gasteiger partial charge in [-0.05, 0) is 6.92 Å². The minimum atomic E-state index is -1.03. The topological polar surface area (TPSA) is 90.4 Å². The van der Waals surface area contributed by atoms with Crippen molar-refractivity contribution in [3.8, 4) is 0 Å². The summed E-state index contributed by atoms with van der Waals surface area (Å²) in [6.45, 7) is 4.46. The van der Waals surface area contributed by atoms with E-state index in [4.69, 9.17) is 5.11 Å². The molecule has 1 heterocycles. The molecule has 1 saturated heterocycles. The van der Waals surface area contributed by atoms with Gasteiger partial charge >= 0.3 is 18.0 Å². The summed E-state index contributed by atoms with van der Waals surface area (Å²) in [5.41, 5.74) is 0. The summed E-state index contributed by atoms with van der Waals surface area (Å²) in [5.74, 6) is -1.27. The lowest BCUT2D eigenvalue weighted by Gasteiger charge is -2.37. The normalized spacial score (nSPS) is 17.2. The van der Waals surface area contributed by atoms with Crippen molar-refractivity contribution >= 4 is 18.0 Å². The minimum absolute atomic E-state index is 0.247. The van der Waals surface area contributed by atoms with Crippen LogP contribution in [0.25, 0.3) is 0 Å². The van der Waals surface area contributed by atoms with Crippen molar-refractivity contribution in [2.45, 2.75) is 19.4 Å². The maximum atomic E-state index is 12.2. The van der Waals surface area contributed by atoms with Crippen LogP contribution in [0.1, 0.15) is 13.3 Å².